The Bertz CT molecular complexity index is 885. The van der Waals surface area contributed by atoms with Crippen molar-refractivity contribution in [2.24, 2.45) is 0 Å². The van der Waals surface area contributed by atoms with Gasteiger partial charge >= 0.3 is 6.36 Å². The van der Waals surface area contributed by atoms with Crippen molar-refractivity contribution >= 4 is 10.9 Å². The van der Waals surface area contributed by atoms with Crippen LogP contribution in [0.2, 0.25) is 0 Å². The maximum atomic E-state index is 12.1. The van der Waals surface area contributed by atoms with Gasteiger partial charge in [0.15, 0.2) is 5.43 Å². The quantitative estimate of drug-likeness (QED) is 0.786. The summed E-state index contributed by atoms with van der Waals surface area (Å²) in [6.45, 7) is 0. The SMILES string of the molecule is O=c1cc[nH]c2ccc(Oc3ccc(OC(F)(F)F)cc3)cc12. The van der Waals surface area contributed by atoms with Gasteiger partial charge in [0.05, 0.1) is 0 Å². The molecule has 2 aromatic carbocycles. The number of H-pyrrole nitrogens is 1. The standard InChI is InChI=1S/C16H10F3NO3/c17-16(18,19)23-11-3-1-10(2-4-11)22-12-5-6-14-13(9-12)15(21)7-8-20-14/h1-9H,(H,20,21). The molecule has 0 amide bonds. The Morgan fingerprint density at radius 2 is 1.52 bits per heavy atom. The van der Waals surface area contributed by atoms with Gasteiger partial charge in [-0.1, -0.05) is 0 Å². The van der Waals surface area contributed by atoms with Gasteiger partial charge in [-0.2, -0.15) is 0 Å². The van der Waals surface area contributed by atoms with Crippen molar-refractivity contribution in [1.29, 1.82) is 0 Å². The third-order valence-electron chi connectivity index (χ3n) is 3.02. The van der Waals surface area contributed by atoms with E-state index < -0.39 is 6.36 Å². The van der Waals surface area contributed by atoms with E-state index in [-0.39, 0.29) is 11.2 Å². The van der Waals surface area contributed by atoms with E-state index in [1.165, 1.54) is 18.2 Å². The summed E-state index contributed by atoms with van der Waals surface area (Å²) >= 11 is 0. The molecular formula is C16H10F3NO3. The Morgan fingerprint density at radius 3 is 2.22 bits per heavy atom. The van der Waals surface area contributed by atoms with Crippen molar-refractivity contribution in [3.63, 3.8) is 0 Å². The van der Waals surface area contributed by atoms with Gasteiger partial charge < -0.3 is 14.5 Å². The molecule has 4 nitrogen and oxygen atoms in total. The average Bonchev–Trinajstić information content (AvgIpc) is 2.49. The molecule has 7 heteroatoms. The molecule has 0 saturated heterocycles. The van der Waals surface area contributed by atoms with Crippen LogP contribution >= 0.6 is 0 Å². The van der Waals surface area contributed by atoms with Gasteiger partial charge in [0.2, 0.25) is 0 Å². The van der Waals surface area contributed by atoms with Gasteiger partial charge in [-0.25, -0.2) is 0 Å². The lowest BCUT2D eigenvalue weighted by molar-refractivity contribution is -0.274. The summed E-state index contributed by atoms with van der Waals surface area (Å²) in [4.78, 5) is 14.7. The number of hydrogen-bond donors (Lipinski definition) is 1. The number of aromatic amines is 1. The highest BCUT2D eigenvalue weighted by molar-refractivity contribution is 5.79. The minimum atomic E-state index is -4.73. The minimum Gasteiger partial charge on any atom is -0.457 e. The first-order valence-corrected chi connectivity index (χ1v) is 6.56. The monoisotopic (exact) mass is 321 g/mol. The van der Waals surface area contributed by atoms with Gasteiger partial charge in [-0.15, -0.1) is 13.2 Å². The second-order valence-electron chi connectivity index (χ2n) is 4.67. The molecule has 0 saturated carbocycles. The van der Waals surface area contributed by atoms with Gasteiger partial charge in [0.25, 0.3) is 0 Å². The zero-order valence-electron chi connectivity index (χ0n) is 11.6. The Balaban J connectivity index is 1.82. The van der Waals surface area contributed by atoms with E-state index in [0.717, 1.165) is 12.1 Å². The van der Waals surface area contributed by atoms with Crippen LogP contribution in [0.15, 0.2) is 59.5 Å². The first-order valence-electron chi connectivity index (χ1n) is 6.56. The lowest BCUT2D eigenvalue weighted by Crippen LogP contribution is -2.16. The van der Waals surface area contributed by atoms with Crippen LogP contribution in [0.25, 0.3) is 10.9 Å². The number of halogens is 3. The van der Waals surface area contributed by atoms with E-state index in [4.69, 9.17) is 4.74 Å². The van der Waals surface area contributed by atoms with Gasteiger partial charge in [-0.3, -0.25) is 4.79 Å². The summed E-state index contributed by atoms with van der Waals surface area (Å²) in [6.07, 6.45) is -3.19. The highest BCUT2D eigenvalue weighted by Crippen LogP contribution is 2.28. The number of ether oxygens (including phenoxy) is 2. The molecule has 3 aromatic rings. The second kappa shape index (κ2) is 5.68. The van der Waals surface area contributed by atoms with Crippen LogP contribution in [-0.4, -0.2) is 11.3 Å². The summed E-state index contributed by atoms with van der Waals surface area (Å²) < 4.78 is 45.6. The third kappa shape index (κ3) is 3.63. The smallest absolute Gasteiger partial charge is 0.457 e. The molecule has 0 aliphatic heterocycles. The van der Waals surface area contributed by atoms with Crippen LogP contribution in [0.1, 0.15) is 0 Å². The molecule has 0 aliphatic rings. The molecule has 3 rings (SSSR count). The van der Waals surface area contributed by atoms with Crippen molar-refractivity contribution in [1.82, 2.24) is 4.98 Å². The van der Waals surface area contributed by atoms with Crippen LogP contribution in [0.5, 0.6) is 17.2 Å². The fourth-order valence-corrected chi connectivity index (χ4v) is 2.06. The van der Waals surface area contributed by atoms with Gasteiger partial charge in [0, 0.05) is 23.2 Å². The Hall–Kier alpha value is -2.96. The second-order valence-corrected chi connectivity index (χ2v) is 4.67. The Morgan fingerprint density at radius 1 is 0.870 bits per heavy atom. The Labute approximate surface area is 128 Å². The molecule has 0 radical (unpaired) electrons. The molecule has 0 aliphatic carbocycles. The summed E-state index contributed by atoms with van der Waals surface area (Å²) in [5, 5.41) is 0.460. The molecule has 1 aromatic heterocycles. The van der Waals surface area contributed by atoms with Crippen LogP contribution in [0.3, 0.4) is 0 Å². The zero-order chi connectivity index (χ0) is 16.4. The number of nitrogens with one attached hydrogen (secondary N) is 1. The van der Waals surface area contributed by atoms with E-state index in [1.807, 2.05) is 0 Å². The van der Waals surface area contributed by atoms with Crippen molar-refractivity contribution < 1.29 is 22.6 Å². The summed E-state index contributed by atoms with van der Waals surface area (Å²) in [7, 11) is 0. The zero-order valence-corrected chi connectivity index (χ0v) is 11.6. The van der Waals surface area contributed by atoms with Gasteiger partial charge in [0.1, 0.15) is 17.2 Å². The molecule has 0 atom stereocenters. The molecule has 1 N–H and O–H groups in total. The van der Waals surface area contributed by atoms with Crippen molar-refractivity contribution in [2.45, 2.75) is 6.36 Å². The molecule has 1 heterocycles. The molecule has 0 bridgehead atoms. The number of rotatable bonds is 3. The Kier molecular flexibility index (Phi) is 3.69. The summed E-state index contributed by atoms with van der Waals surface area (Å²) in [6, 6.07) is 11.3. The normalized spacial score (nSPS) is 11.4. The highest BCUT2D eigenvalue weighted by atomic mass is 19.4. The van der Waals surface area contributed by atoms with Crippen LogP contribution in [0.4, 0.5) is 13.2 Å². The van der Waals surface area contributed by atoms with Crippen molar-refractivity contribution in [2.75, 3.05) is 0 Å². The highest BCUT2D eigenvalue weighted by Gasteiger charge is 2.30. The van der Waals surface area contributed by atoms with Crippen LogP contribution in [0, 0.1) is 0 Å². The number of aromatic nitrogens is 1. The van der Waals surface area contributed by atoms with Crippen molar-refractivity contribution in [3.05, 3.63) is 65.0 Å². The predicted octanol–water partition coefficient (Wildman–Crippen LogP) is 4.22. The maximum absolute atomic E-state index is 12.1. The molecular weight excluding hydrogens is 311 g/mol. The number of alkyl halides is 3. The average molecular weight is 321 g/mol. The van der Waals surface area contributed by atoms with Crippen LogP contribution in [-0.2, 0) is 0 Å². The van der Waals surface area contributed by atoms with E-state index in [0.29, 0.717) is 22.4 Å². The van der Waals surface area contributed by atoms with Crippen molar-refractivity contribution in [3.8, 4) is 17.2 Å². The molecule has 0 unspecified atom stereocenters. The van der Waals surface area contributed by atoms with E-state index in [1.54, 1.807) is 24.4 Å². The first kappa shape index (κ1) is 15.0. The largest absolute Gasteiger partial charge is 0.573 e. The lowest BCUT2D eigenvalue weighted by Gasteiger charge is -2.10. The topological polar surface area (TPSA) is 51.3 Å². The lowest BCUT2D eigenvalue weighted by atomic mass is 10.2. The van der Waals surface area contributed by atoms with Gasteiger partial charge in [-0.05, 0) is 42.5 Å². The first-order chi connectivity index (χ1) is 10.9. The van der Waals surface area contributed by atoms with E-state index in [2.05, 4.69) is 9.72 Å². The fourth-order valence-electron chi connectivity index (χ4n) is 2.06. The van der Waals surface area contributed by atoms with Crippen LogP contribution < -0.4 is 14.9 Å². The summed E-state index contributed by atoms with van der Waals surface area (Å²) in [5.41, 5.74) is 0.511. The number of fused-ring (bicyclic) bond motifs is 1. The van der Waals surface area contributed by atoms with E-state index in [9.17, 15) is 18.0 Å². The molecule has 0 fully saturated rings. The number of pyridine rings is 1. The fraction of sp³-hybridized carbons (Fsp3) is 0.0625. The third-order valence-corrected chi connectivity index (χ3v) is 3.02. The summed E-state index contributed by atoms with van der Waals surface area (Å²) in [5.74, 6) is 0.393. The van der Waals surface area contributed by atoms with E-state index >= 15 is 0 Å². The number of hydrogen-bond acceptors (Lipinski definition) is 3. The molecule has 23 heavy (non-hydrogen) atoms. The maximum Gasteiger partial charge on any atom is 0.573 e. The predicted molar refractivity (Wildman–Crippen MR) is 77.8 cm³/mol. The number of benzene rings is 2. The minimum absolute atomic E-state index is 0.155. The molecule has 0 spiro atoms. The molecule has 118 valence electrons.